The molecule has 172 valence electrons. The second kappa shape index (κ2) is 10.7. The maximum atomic E-state index is 13.3. The van der Waals surface area contributed by atoms with Crippen molar-refractivity contribution in [2.75, 3.05) is 51.2 Å². The lowest BCUT2D eigenvalue weighted by Gasteiger charge is -2.38. The summed E-state index contributed by atoms with van der Waals surface area (Å²) in [4.78, 5) is 8.84. The summed E-state index contributed by atoms with van der Waals surface area (Å²) in [5.74, 6) is 0.331. The number of hydrogen-bond donors (Lipinski definition) is 0. The maximum absolute atomic E-state index is 13.3. The number of alkyl halides is 3. The highest BCUT2D eigenvalue weighted by Gasteiger charge is 2.33. The minimum atomic E-state index is -4.34. The van der Waals surface area contributed by atoms with Crippen LogP contribution in [0.1, 0.15) is 12.5 Å². The smallest absolute Gasteiger partial charge is 0.339 e. The number of likely N-dealkylation sites (N-methyl/N-ethyl adjacent to an activating group) is 1. The quantitative estimate of drug-likeness (QED) is 0.513. The van der Waals surface area contributed by atoms with Gasteiger partial charge in [0, 0.05) is 49.1 Å². The lowest BCUT2D eigenvalue weighted by atomic mass is 10.1. The monoisotopic (exact) mass is 493 g/mol. The van der Waals surface area contributed by atoms with E-state index >= 15 is 0 Å². The Hall–Kier alpha value is -1.12. The molecular weight excluding hydrogens is 466 g/mol. The third-order valence-electron chi connectivity index (χ3n) is 5.61. The van der Waals surface area contributed by atoms with Crippen molar-refractivity contribution in [1.29, 1.82) is 0 Å². The minimum absolute atomic E-state index is 0. The van der Waals surface area contributed by atoms with E-state index in [9.17, 15) is 13.2 Å². The predicted octanol–water partition coefficient (Wildman–Crippen LogP) is 6.04. The van der Waals surface area contributed by atoms with Gasteiger partial charge in [0.1, 0.15) is 0 Å². The number of nitrogens with zero attached hydrogens (tertiary/aromatic N) is 3. The van der Waals surface area contributed by atoms with Gasteiger partial charge in [-0.1, -0.05) is 30.8 Å². The maximum Gasteiger partial charge on any atom is 0.416 e. The number of rotatable bonds is 4. The van der Waals surface area contributed by atoms with Gasteiger partial charge in [-0.25, -0.2) is 0 Å². The normalized spacial score (nSPS) is 17.8. The second-order valence-corrected chi connectivity index (χ2v) is 9.15. The molecule has 1 atom stereocenters. The minimum Gasteiger partial charge on any atom is -0.339 e. The van der Waals surface area contributed by atoms with Crippen LogP contribution in [0.4, 0.5) is 24.5 Å². The topological polar surface area (TPSA) is 9.72 Å². The van der Waals surface area contributed by atoms with Gasteiger partial charge in [0.25, 0.3) is 0 Å². The molecule has 2 heterocycles. The Bertz CT molecular complexity index is 873. The van der Waals surface area contributed by atoms with Crippen LogP contribution >= 0.6 is 36.6 Å². The van der Waals surface area contributed by atoms with Crippen molar-refractivity contribution in [2.45, 2.75) is 22.9 Å². The van der Waals surface area contributed by atoms with Gasteiger partial charge < -0.3 is 14.7 Å². The molecule has 3 nitrogen and oxygen atoms in total. The third kappa shape index (κ3) is 6.02. The first kappa shape index (κ1) is 26.1. The molecule has 0 aliphatic carbocycles. The highest BCUT2D eigenvalue weighted by molar-refractivity contribution is 7.99. The average Bonchev–Trinajstić information content (AvgIpc) is 2.68. The molecule has 4 rings (SSSR count). The molecular formula is C22H28Cl2F3N3S. The van der Waals surface area contributed by atoms with E-state index in [0.29, 0.717) is 18.2 Å². The van der Waals surface area contributed by atoms with Gasteiger partial charge in [-0.05, 0) is 43.3 Å². The molecule has 0 spiro atoms. The van der Waals surface area contributed by atoms with Crippen LogP contribution < -0.4 is 4.90 Å². The fourth-order valence-corrected chi connectivity index (χ4v) is 5.12. The summed E-state index contributed by atoms with van der Waals surface area (Å²) < 4.78 is 40.0. The molecule has 0 radical (unpaired) electrons. The molecule has 1 unspecified atom stereocenters. The first-order valence-corrected chi connectivity index (χ1v) is 10.8. The highest BCUT2D eigenvalue weighted by atomic mass is 35.5. The van der Waals surface area contributed by atoms with E-state index < -0.39 is 11.7 Å². The van der Waals surface area contributed by atoms with Crippen LogP contribution in [-0.4, -0.2) is 56.1 Å². The molecule has 0 aromatic heterocycles. The van der Waals surface area contributed by atoms with Gasteiger partial charge >= 0.3 is 6.18 Å². The molecule has 0 amide bonds. The number of benzene rings is 2. The van der Waals surface area contributed by atoms with E-state index in [1.54, 1.807) is 17.8 Å². The van der Waals surface area contributed by atoms with Gasteiger partial charge in [-0.15, -0.1) is 24.8 Å². The molecule has 31 heavy (non-hydrogen) atoms. The Balaban J connectivity index is 0.00000171. The van der Waals surface area contributed by atoms with Gasteiger partial charge in [0.15, 0.2) is 0 Å². The van der Waals surface area contributed by atoms with Gasteiger partial charge in [0.05, 0.1) is 16.9 Å². The van der Waals surface area contributed by atoms with Crippen LogP contribution in [0.5, 0.6) is 0 Å². The zero-order valence-electron chi connectivity index (χ0n) is 17.6. The van der Waals surface area contributed by atoms with Crippen LogP contribution in [0, 0.1) is 5.92 Å². The summed E-state index contributed by atoms with van der Waals surface area (Å²) in [6, 6.07) is 12.1. The number of anilines is 2. The summed E-state index contributed by atoms with van der Waals surface area (Å²) in [7, 11) is 2.14. The molecule has 1 fully saturated rings. The lowest BCUT2D eigenvalue weighted by Crippen LogP contribution is -2.46. The Morgan fingerprint density at radius 3 is 2.23 bits per heavy atom. The summed E-state index contributed by atoms with van der Waals surface area (Å²) in [5.41, 5.74) is 1.07. The largest absolute Gasteiger partial charge is 0.416 e. The van der Waals surface area contributed by atoms with Crippen LogP contribution in [0.3, 0.4) is 0 Å². The van der Waals surface area contributed by atoms with Crippen molar-refractivity contribution in [1.82, 2.24) is 9.80 Å². The molecule has 0 N–H and O–H groups in total. The summed E-state index contributed by atoms with van der Waals surface area (Å²) in [6.45, 7) is 8.05. The molecule has 2 aromatic rings. The van der Waals surface area contributed by atoms with E-state index in [-0.39, 0.29) is 24.8 Å². The van der Waals surface area contributed by atoms with E-state index in [2.05, 4.69) is 28.7 Å². The second-order valence-electron chi connectivity index (χ2n) is 8.07. The molecule has 0 bridgehead atoms. The van der Waals surface area contributed by atoms with Gasteiger partial charge in [-0.3, -0.25) is 0 Å². The van der Waals surface area contributed by atoms with Crippen molar-refractivity contribution >= 4 is 48.0 Å². The zero-order chi connectivity index (χ0) is 20.6. The molecule has 2 aromatic carbocycles. The van der Waals surface area contributed by atoms with Crippen LogP contribution in [-0.2, 0) is 6.18 Å². The predicted molar refractivity (Wildman–Crippen MR) is 127 cm³/mol. The Morgan fingerprint density at radius 1 is 0.903 bits per heavy atom. The van der Waals surface area contributed by atoms with E-state index in [0.717, 1.165) is 48.2 Å². The standard InChI is InChI=1S/C22H26F3N3S.2ClH/c1-16(14-27-11-9-26(2)10-12-27)15-28-18-5-3-4-6-20(18)29-21-8-7-17(13-19(21)28)22(23,24)25;;/h3-8,13,16H,9-12,14-15H2,1-2H3;2*1H. The fraction of sp³-hybridized carbons (Fsp3) is 0.455. The van der Waals surface area contributed by atoms with Crippen LogP contribution in [0.25, 0.3) is 0 Å². The van der Waals surface area contributed by atoms with E-state index in [1.807, 2.05) is 24.3 Å². The first-order valence-electron chi connectivity index (χ1n) is 9.98. The summed E-state index contributed by atoms with van der Waals surface area (Å²) in [5, 5.41) is 0. The van der Waals surface area contributed by atoms with Crippen LogP contribution in [0.2, 0.25) is 0 Å². The fourth-order valence-electron chi connectivity index (χ4n) is 4.04. The van der Waals surface area contributed by atoms with Crippen molar-refractivity contribution in [3.63, 3.8) is 0 Å². The number of fused-ring (bicyclic) bond motifs is 2. The molecule has 0 saturated carbocycles. The Kier molecular flexibility index (Phi) is 8.99. The number of piperazine rings is 1. The van der Waals surface area contributed by atoms with Gasteiger partial charge in [0.2, 0.25) is 0 Å². The SMILES string of the molecule is CC(CN1CCN(C)CC1)CN1c2ccccc2Sc2ccc(C(F)(F)F)cc21.Cl.Cl. The van der Waals surface area contributed by atoms with E-state index in [1.165, 1.54) is 12.1 Å². The molecule has 1 saturated heterocycles. The van der Waals surface area contributed by atoms with Crippen LogP contribution in [0.15, 0.2) is 52.3 Å². The van der Waals surface area contributed by atoms with Crippen molar-refractivity contribution in [2.24, 2.45) is 5.92 Å². The van der Waals surface area contributed by atoms with Crippen molar-refractivity contribution in [3.8, 4) is 0 Å². The highest BCUT2D eigenvalue weighted by Crippen LogP contribution is 2.49. The zero-order valence-corrected chi connectivity index (χ0v) is 20.0. The molecule has 2 aliphatic rings. The van der Waals surface area contributed by atoms with Gasteiger partial charge in [-0.2, -0.15) is 13.2 Å². The number of para-hydroxylation sites is 1. The Morgan fingerprint density at radius 2 is 1.55 bits per heavy atom. The lowest BCUT2D eigenvalue weighted by molar-refractivity contribution is -0.137. The van der Waals surface area contributed by atoms with Crippen molar-refractivity contribution < 1.29 is 13.2 Å². The average molecular weight is 494 g/mol. The number of halogens is 5. The molecule has 9 heteroatoms. The third-order valence-corrected chi connectivity index (χ3v) is 6.74. The number of hydrogen-bond acceptors (Lipinski definition) is 4. The molecule has 2 aliphatic heterocycles. The van der Waals surface area contributed by atoms with Crippen molar-refractivity contribution in [3.05, 3.63) is 48.0 Å². The summed E-state index contributed by atoms with van der Waals surface area (Å²) in [6.07, 6.45) is -4.34. The first-order chi connectivity index (χ1) is 13.8. The summed E-state index contributed by atoms with van der Waals surface area (Å²) >= 11 is 1.54. The van der Waals surface area contributed by atoms with E-state index in [4.69, 9.17) is 0 Å². The Labute approximate surface area is 198 Å².